The molecule has 0 saturated heterocycles. The monoisotopic (exact) mass is 262 g/mol. The molecule has 0 aliphatic carbocycles. The average molecular weight is 262 g/mol. The van der Waals surface area contributed by atoms with Crippen LogP contribution in [-0.2, 0) is 0 Å². The smallest absolute Gasteiger partial charge is 0.251 e. The van der Waals surface area contributed by atoms with Gasteiger partial charge in [-0.15, -0.1) is 0 Å². The maximum Gasteiger partial charge on any atom is 0.251 e. The Hall–Kier alpha value is -1.95. The average Bonchev–Trinajstić information content (AvgIpc) is 2.85. The summed E-state index contributed by atoms with van der Waals surface area (Å²) in [6.45, 7) is 2.48. The van der Waals surface area contributed by atoms with E-state index in [-0.39, 0.29) is 5.91 Å². The lowest BCUT2D eigenvalue weighted by Crippen LogP contribution is -2.22. The molecule has 1 amide bonds. The highest BCUT2D eigenvalue weighted by molar-refractivity contribution is 7.99. The Bertz CT molecular complexity index is 539. The van der Waals surface area contributed by atoms with Gasteiger partial charge in [-0.2, -0.15) is 0 Å². The number of aromatic nitrogens is 2. The van der Waals surface area contributed by atoms with Crippen LogP contribution in [-0.4, -0.2) is 22.4 Å². The lowest BCUT2D eigenvalue weighted by atomic mass is 10.2. The molecule has 94 valence electrons. The van der Waals surface area contributed by atoms with Crippen LogP contribution in [0.2, 0.25) is 0 Å². The van der Waals surface area contributed by atoms with Crippen molar-refractivity contribution in [1.82, 2.24) is 15.3 Å². The van der Waals surface area contributed by atoms with Crippen molar-refractivity contribution in [3.8, 4) is 0 Å². The molecular weight excluding hydrogens is 248 g/mol. The van der Waals surface area contributed by atoms with E-state index in [0.717, 1.165) is 10.1 Å². The first kappa shape index (κ1) is 12.5. The second-order valence-corrected chi connectivity index (χ2v) is 4.64. The first-order chi connectivity index (χ1) is 8.70. The van der Waals surface area contributed by atoms with E-state index in [1.165, 1.54) is 11.8 Å². The van der Waals surface area contributed by atoms with Crippen LogP contribution < -0.4 is 11.1 Å². The number of hydrogen-bond donors (Lipinski definition) is 3. The fourth-order valence-corrected chi connectivity index (χ4v) is 2.22. The number of H-pyrrole nitrogens is 1. The lowest BCUT2D eigenvalue weighted by Gasteiger charge is -2.06. The van der Waals surface area contributed by atoms with Crippen LogP contribution in [0.25, 0.3) is 0 Å². The summed E-state index contributed by atoms with van der Waals surface area (Å²) in [5.74, 6) is -0.112. The number of carbonyl (C=O) groups is 1. The van der Waals surface area contributed by atoms with Crippen LogP contribution in [0.15, 0.2) is 40.6 Å². The minimum absolute atomic E-state index is 0.112. The van der Waals surface area contributed by atoms with E-state index in [2.05, 4.69) is 15.3 Å². The number of nitrogens with one attached hydrogen (secondary N) is 2. The first-order valence-electron chi connectivity index (χ1n) is 5.55. The summed E-state index contributed by atoms with van der Waals surface area (Å²) >= 11 is 1.43. The number of nitrogens with zero attached hydrogens (tertiary/aromatic N) is 1. The number of nitrogen functional groups attached to an aromatic ring is 1. The molecule has 6 heteroatoms. The third-order valence-electron chi connectivity index (χ3n) is 2.29. The molecule has 1 aromatic carbocycles. The zero-order chi connectivity index (χ0) is 13.0. The summed E-state index contributed by atoms with van der Waals surface area (Å²) in [6.07, 6.45) is 3.43. The SMILES string of the molecule is CCNC(=O)c1ccc(Sc2ncc[nH]2)c(N)c1. The molecular formula is C12H14N4OS. The summed E-state index contributed by atoms with van der Waals surface area (Å²) < 4.78 is 0. The van der Waals surface area contributed by atoms with Gasteiger partial charge in [0, 0.05) is 35.1 Å². The molecule has 0 fully saturated rings. The Morgan fingerprint density at radius 3 is 3.00 bits per heavy atom. The van der Waals surface area contributed by atoms with E-state index in [1.807, 2.05) is 13.0 Å². The summed E-state index contributed by atoms with van der Waals surface area (Å²) in [5.41, 5.74) is 7.07. The van der Waals surface area contributed by atoms with E-state index in [9.17, 15) is 4.79 Å². The minimum Gasteiger partial charge on any atom is -0.398 e. The fourth-order valence-electron chi connectivity index (χ4n) is 1.46. The largest absolute Gasteiger partial charge is 0.398 e. The number of aromatic amines is 1. The van der Waals surface area contributed by atoms with Crippen molar-refractivity contribution >= 4 is 23.4 Å². The van der Waals surface area contributed by atoms with Crippen molar-refractivity contribution in [3.05, 3.63) is 36.2 Å². The van der Waals surface area contributed by atoms with Crippen molar-refractivity contribution in [2.45, 2.75) is 17.0 Å². The Kier molecular flexibility index (Phi) is 3.88. The van der Waals surface area contributed by atoms with Gasteiger partial charge in [0.15, 0.2) is 5.16 Å². The zero-order valence-corrected chi connectivity index (χ0v) is 10.8. The molecule has 1 aromatic heterocycles. The Morgan fingerprint density at radius 1 is 1.56 bits per heavy atom. The summed E-state index contributed by atoms with van der Waals surface area (Å²) in [4.78, 5) is 19.6. The second kappa shape index (κ2) is 5.59. The van der Waals surface area contributed by atoms with Gasteiger partial charge >= 0.3 is 0 Å². The highest BCUT2D eigenvalue weighted by atomic mass is 32.2. The maximum atomic E-state index is 11.6. The standard InChI is InChI=1S/C12H14N4OS/c1-2-14-11(17)8-3-4-10(9(13)7-8)18-12-15-5-6-16-12/h3-7H,2,13H2,1H3,(H,14,17)(H,15,16). The van der Waals surface area contributed by atoms with Crippen LogP contribution in [0, 0.1) is 0 Å². The van der Waals surface area contributed by atoms with Gasteiger partial charge in [0.2, 0.25) is 0 Å². The van der Waals surface area contributed by atoms with Crippen molar-refractivity contribution in [1.29, 1.82) is 0 Å². The van der Waals surface area contributed by atoms with E-state index in [1.54, 1.807) is 24.5 Å². The van der Waals surface area contributed by atoms with Crippen LogP contribution in [0.5, 0.6) is 0 Å². The van der Waals surface area contributed by atoms with Crippen molar-refractivity contribution in [2.24, 2.45) is 0 Å². The molecule has 4 N–H and O–H groups in total. The van der Waals surface area contributed by atoms with Gasteiger partial charge < -0.3 is 16.0 Å². The van der Waals surface area contributed by atoms with E-state index in [4.69, 9.17) is 5.73 Å². The van der Waals surface area contributed by atoms with Crippen molar-refractivity contribution in [2.75, 3.05) is 12.3 Å². The van der Waals surface area contributed by atoms with Crippen molar-refractivity contribution < 1.29 is 4.79 Å². The zero-order valence-electron chi connectivity index (χ0n) is 9.93. The second-order valence-electron chi connectivity index (χ2n) is 3.61. The van der Waals surface area contributed by atoms with Crippen LogP contribution >= 0.6 is 11.8 Å². The Labute approximate surface area is 109 Å². The predicted octanol–water partition coefficient (Wildman–Crippen LogP) is 1.89. The topological polar surface area (TPSA) is 83.8 Å². The molecule has 0 bridgehead atoms. The minimum atomic E-state index is -0.112. The number of amides is 1. The molecule has 1 heterocycles. The molecule has 0 atom stereocenters. The normalized spacial score (nSPS) is 10.3. The highest BCUT2D eigenvalue weighted by Crippen LogP contribution is 2.30. The van der Waals surface area contributed by atoms with E-state index >= 15 is 0 Å². The molecule has 18 heavy (non-hydrogen) atoms. The van der Waals surface area contributed by atoms with Crippen molar-refractivity contribution in [3.63, 3.8) is 0 Å². The number of carbonyl (C=O) groups excluding carboxylic acids is 1. The maximum absolute atomic E-state index is 11.6. The van der Waals surface area contributed by atoms with Gasteiger partial charge in [-0.25, -0.2) is 4.98 Å². The molecule has 0 radical (unpaired) electrons. The quantitative estimate of drug-likeness (QED) is 0.735. The number of imidazole rings is 1. The third kappa shape index (κ3) is 2.84. The third-order valence-corrected chi connectivity index (χ3v) is 3.30. The predicted molar refractivity (Wildman–Crippen MR) is 71.6 cm³/mol. The summed E-state index contributed by atoms with van der Waals surface area (Å²) in [5, 5.41) is 3.51. The molecule has 0 spiro atoms. The summed E-state index contributed by atoms with van der Waals surface area (Å²) in [6, 6.07) is 5.26. The van der Waals surface area contributed by atoms with Gasteiger partial charge in [0.1, 0.15) is 0 Å². The Morgan fingerprint density at radius 2 is 2.39 bits per heavy atom. The fraction of sp³-hybridized carbons (Fsp3) is 0.167. The van der Waals surface area contributed by atoms with Gasteiger partial charge in [0.05, 0.1) is 0 Å². The summed E-state index contributed by atoms with van der Waals surface area (Å²) in [7, 11) is 0. The number of benzene rings is 1. The molecule has 5 nitrogen and oxygen atoms in total. The molecule has 0 unspecified atom stereocenters. The highest BCUT2D eigenvalue weighted by Gasteiger charge is 2.08. The van der Waals surface area contributed by atoms with Crippen LogP contribution in [0.4, 0.5) is 5.69 Å². The van der Waals surface area contributed by atoms with Crippen LogP contribution in [0.1, 0.15) is 17.3 Å². The molecule has 0 aliphatic rings. The lowest BCUT2D eigenvalue weighted by molar-refractivity contribution is 0.0956. The Balaban J connectivity index is 2.17. The number of rotatable bonds is 4. The van der Waals surface area contributed by atoms with Gasteiger partial charge in [0.25, 0.3) is 5.91 Å². The molecule has 2 rings (SSSR count). The van der Waals surface area contributed by atoms with E-state index in [0.29, 0.717) is 17.8 Å². The number of anilines is 1. The van der Waals surface area contributed by atoms with Gasteiger partial charge in [-0.3, -0.25) is 4.79 Å². The van der Waals surface area contributed by atoms with Gasteiger partial charge in [-0.05, 0) is 36.9 Å². The molecule has 2 aromatic rings. The van der Waals surface area contributed by atoms with Gasteiger partial charge in [-0.1, -0.05) is 0 Å². The van der Waals surface area contributed by atoms with E-state index < -0.39 is 0 Å². The molecule has 0 saturated carbocycles. The number of hydrogen-bond acceptors (Lipinski definition) is 4. The first-order valence-corrected chi connectivity index (χ1v) is 6.37. The number of nitrogens with two attached hydrogens (primary N) is 1. The van der Waals surface area contributed by atoms with Crippen LogP contribution in [0.3, 0.4) is 0 Å². The molecule has 0 aliphatic heterocycles.